The van der Waals surface area contributed by atoms with Crippen LogP contribution >= 0.6 is 0 Å². The summed E-state index contributed by atoms with van der Waals surface area (Å²) < 4.78 is 38.2. The molecule has 1 amide bonds. The number of piperidine rings is 1. The zero-order valence-electron chi connectivity index (χ0n) is 15.1. The van der Waals surface area contributed by atoms with Gasteiger partial charge in [0.15, 0.2) is 0 Å². The number of para-hydroxylation sites is 1. The highest BCUT2D eigenvalue weighted by Crippen LogP contribution is 2.38. The fraction of sp³-hybridized carbons (Fsp3) is 0.421. The molecule has 0 bridgehead atoms. The van der Waals surface area contributed by atoms with Crippen LogP contribution in [0.5, 0.6) is 5.75 Å². The van der Waals surface area contributed by atoms with Crippen molar-refractivity contribution in [2.75, 3.05) is 33.3 Å². The van der Waals surface area contributed by atoms with Gasteiger partial charge in [-0.2, -0.15) is 0 Å². The molecule has 4 rings (SSSR count). The van der Waals surface area contributed by atoms with Gasteiger partial charge in [0.1, 0.15) is 16.9 Å². The highest BCUT2D eigenvalue weighted by atomic mass is 32.2. The van der Waals surface area contributed by atoms with Crippen LogP contribution in [0.4, 0.5) is 0 Å². The third-order valence-corrected chi connectivity index (χ3v) is 7.35. The normalized spacial score (nSPS) is 21.7. The Hall–Kier alpha value is -2.32. The summed E-state index contributed by atoms with van der Waals surface area (Å²) in [6.07, 6.45) is 4.29. The van der Waals surface area contributed by atoms with E-state index in [1.165, 1.54) is 16.8 Å². The molecular weight excluding hydrogens is 368 g/mol. The first-order valence-electron chi connectivity index (χ1n) is 8.91. The average molecular weight is 390 g/mol. The molecule has 1 saturated heterocycles. The van der Waals surface area contributed by atoms with E-state index < -0.39 is 10.0 Å². The van der Waals surface area contributed by atoms with Crippen molar-refractivity contribution in [3.05, 3.63) is 48.4 Å². The van der Waals surface area contributed by atoms with Gasteiger partial charge in [-0.1, -0.05) is 12.1 Å². The van der Waals surface area contributed by atoms with Gasteiger partial charge in [-0.15, -0.1) is 0 Å². The maximum absolute atomic E-state index is 12.9. The van der Waals surface area contributed by atoms with E-state index >= 15 is 0 Å². The summed E-state index contributed by atoms with van der Waals surface area (Å²) in [5.74, 6) is 0.331. The predicted molar refractivity (Wildman–Crippen MR) is 98.0 cm³/mol. The van der Waals surface area contributed by atoms with E-state index in [0.29, 0.717) is 50.4 Å². The van der Waals surface area contributed by atoms with Crippen molar-refractivity contribution in [1.29, 1.82) is 0 Å². The molecule has 3 heterocycles. The van der Waals surface area contributed by atoms with Crippen LogP contribution in [0, 0.1) is 5.41 Å². The molecule has 2 aliphatic rings. The number of fused-ring (bicyclic) bond motifs is 1. The molecule has 0 radical (unpaired) electrons. The van der Waals surface area contributed by atoms with Crippen molar-refractivity contribution in [3.63, 3.8) is 0 Å². The van der Waals surface area contributed by atoms with Gasteiger partial charge in [-0.25, -0.2) is 12.7 Å². The molecule has 27 heavy (non-hydrogen) atoms. The number of rotatable bonds is 1. The van der Waals surface area contributed by atoms with E-state index in [0.717, 1.165) is 0 Å². The Morgan fingerprint density at radius 3 is 2.59 bits per heavy atom. The van der Waals surface area contributed by atoms with Gasteiger partial charge in [0.05, 0.1) is 18.4 Å². The second-order valence-electron chi connectivity index (χ2n) is 7.30. The summed E-state index contributed by atoms with van der Waals surface area (Å²) in [6, 6.07) is 8.39. The van der Waals surface area contributed by atoms with Gasteiger partial charge in [0.2, 0.25) is 10.0 Å². The van der Waals surface area contributed by atoms with Crippen molar-refractivity contribution in [3.8, 4) is 5.75 Å². The molecule has 0 atom stereocenters. The predicted octanol–water partition coefficient (Wildman–Crippen LogP) is 2.22. The van der Waals surface area contributed by atoms with Gasteiger partial charge in [-0.3, -0.25) is 4.79 Å². The Bertz CT molecular complexity index is 931. The molecule has 1 aromatic carbocycles. The number of amides is 1. The number of hydrogen-bond acceptors (Lipinski definition) is 5. The first kappa shape index (κ1) is 18.1. The first-order valence-corrected chi connectivity index (χ1v) is 10.4. The minimum absolute atomic E-state index is 0.0586. The number of ether oxygens (including phenoxy) is 1. The Kier molecular flexibility index (Phi) is 4.47. The summed E-state index contributed by atoms with van der Waals surface area (Å²) in [7, 11) is -1.99. The van der Waals surface area contributed by atoms with Crippen LogP contribution in [0.3, 0.4) is 0 Å². The van der Waals surface area contributed by atoms with Crippen molar-refractivity contribution < 1.29 is 22.4 Å². The largest absolute Gasteiger partial charge is 0.492 e. The summed E-state index contributed by atoms with van der Waals surface area (Å²) in [4.78, 5) is 14.5. The lowest BCUT2D eigenvalue weighted by molar-refractivity contribution is 0.0324. The number of furan rings is 1. The SMILES string of the molecule is CN1CC2(CCN(C(=O)c3ccoc3)CC2)COc2ccccc2S1(=O)=O. The summed E-state index contributed by atoms with van der Waals surface area (Å²) in [5, 5.41) is 0. The van der Waals surface area contributed by atoms with Crippen LogP contribution in [-0.2, 0) is 10.0 Å². The van der Waals surface area contributed by atoms with Gasteiger partial charge in [0.25, 0.3) is 5.91 Å². The second-order valence-corrected chi connectivity index (χ2v) is 9.31. The molecule has 7 nitrogen and oxygen atoms in total. The molecule has 0 saturated carbocycles. The number of benzene rings is 1. The Morgan fingerprint density at radius 1 is 1.15 bits per heavy atom. The standard InChI is InChI=1S/C19H22N2O5S/c1-20-13-19(14-26-16-4-2-3-5-17(16)27(20,23)24)7-9-21(10-8-19)18(22)15-6-11-25-12-15/h2-6,11-12H,7-10,13-14H2,1H3. The molecule has 0 aliphatic carbocycles. The second kappa shape index (κ2) is 6.69. The number of carbonyl (C=O) groups is 1. The van der Waals surface area contributed by atoms with Gasteiger partial charge >= 0.3 is 0 Å². The zero-order valence-corrected chi connectivity index (χ0v) is 15.9. The van der Waals surface area contributed by atoms with E-state index in [9.17, 15) is 13.2 Å². The molecule has 1 spiro atoms. The van der Waals surface area contributed by atoms with Crippen LogP contribution in [0.15, 0.2) is 52.2 Å². The quantitative estimate of drug-likeness (QED) is 0.746. The van der Waals surface area contributed by atoms with Crippen molar-refractivity contribution in [2.24, 2.45) is 5.41 Å². The van der Waals surface area contributed by atoms with Crippen LogP contribution in [0.1, 0.15) is 23.2 Å². The van der Waals surface area contributed by atoms with Gasteiger partial charge in [0, 0.05) is 32.1 Å². The summed E-state index contributed by atoms with van der Waals surface area (Å²) >= 11 is 0. The summed E-state index contributed by atoms with van der Waals surface area (Å²) in [5.41, 5.74) is 0.219. The smallest absolute Gasteiger partial charge is 0.257 e. The lowest BCUT2D eigenvalue weighted by Gasteiger charge is -2.44. The summed E-state index contributed by atoms with van der Waals surface area (Å²) in [6.45, 7) is 1.92. The molecular formula is C19H22N2O5S. The van der Waals surface area contributed by atoms with E-state index in [1.807, 2.05) is 0 Å². The number of carbonyl (C=O) groups excluding carboxylic acids is 1. The highest BCUT2D eigenvalue weighted by Gasteiger charge is 2.42. The van der Waals surface area contributed by atoms with Crippen molar-refractivity contribution in [1.82, 2.24) is 9.21 Å². The maximum Gasteiger partial charge on any atom is 0.257 e. The number of hydrogen-bond donors (Lipinski definition) is 0. The lowest BCUT2D eigenvalue weighted by Crippen LogP contribution is -2.51. The Balaban J connectivity index is 1.55. The Labute approximate surface area is 158 Å². The van der Waals surface area contributed by atoms with Crippen LogP contribution in [-0.4, -0.2) is 56.8 Å². The topological polar surface area (TPSA) is 80.1 Å². The van der Waals surface area contributed by atoms with E-state index in [-0.39, 0.29) is 16.2 Å². The first-order chi connectivity index (χ1) is 12.9. The Morgan fingerprint density at radius 2 is 1.89 bits per heavy atom. The molecule has 1 fully saturated rings. The van der Waals surface area contributed by atoms with Crippen LogP contribution < -0.4 is 4.74 Å². The maximum atomic E-state index is 12.9. The number of sulfonamides is 1. The minimum Gasteiger partial charge on any atom is -0.492 e. The fourth-order valence-corrected chi connectivity index (χ4v) is 5.25. The third-order valence-electron chi connectivity index (χ3n) is 5.51. The van der Waals surface area contributed by atoms with E-state index in [1.54, 1.807) is 42.3 Å². The molecule has 144 valence electrons. The zero-order chi connectivity index (χ0) is 19.1. The van der Waals surface area contributed by atoms with Crippen molar-refractivity contribution >= 4 is 15.9 Å². The molecule has 0 unspecified atom stereocenters. The monoisotopic (exact) mass is 390 g/mol. The van der Waals surface area contributed by atoms with Crippen molar-refractivity contribution in [2.45, 2.75) is 17.7 Å². The van der Waals surface area contributed by atoms with E-state index in [4.69, 9.17) is 9.15 Å². The lowest BCUT2D eigenvalue weighted by atomic mass is 9.78. The van der Waals surface area contributed by atoms with E-state index in [2.05, 4.69) is 0 Å². The molecule has 2 aromatic rings. The minimum atomic E-state index is -3.61. The molecule has 0 N–H and O–H groups in total. The number of likely N-dealkylation sites (tertiary alicyclic amines) is 1. The average Bonchev–Trinajstić information content (AvgIpc) is 3.21. The van der Waals surface area contributed by atoms with Crippen LogP contribution in [0.2, 0.25) is 0 Å². The highest BCUT2D eigenvalue weighted by molar-refractivity contribution is 7.89. The molecule has 1 aromatic heterocycles. The van der Waals surface area contributed by atoms with Gasteiger partial charge < -0.3 is 14.1 Å². The molecule has 2 aliphatic heterocycles. The third kappa shape index (κ3) is 3.23. The van der Waals surface area contributed by atoms with Gasteiger partial charge in [-0.05, 0) is 31.0 Å². The number of nitrogens with zero attached hydrogens (tertiary/aromatic N) is 2. The molecule has 8 heteroatoms. The van der Waals surface area contributed by atoms with Crippen LogP contribution in [0.25, 0.3) is 0 Å². The fourth-order valence-electron chi connectivity index (χ4n) is 3.84.